The Kier molecular flexibility index (Phi) is 5.97. The molecule has 134 valence electrons. The quantitative estimate of drug-likeness (QED) is 0.801. The van der Waals surface area contributed by atoms with E-state index < -0.39 is 10.0 Å². The third-order valence-corrected chi connectivity index (χ3v) is 4.69. The highest BCUT2D eigenvalue weighted by atomic mass is 32.2. The number of nitrogens with one attached hydrogen (secondary N) is 1. The smallest absolute Gasteiger partial charge is 0.241 e. The Morgan fingerprint density at radius 1 is 1.12 bits per heavy atom. The molecule has 0 radical (unpaired) electrons. The highest BCUT2D eigenvalue weighted by molar-refractivity contribution is 7.92. The number of carbonyl (C=O) groups is 1. The number of anilines is 2. The summed E-state index contributed by atoms with van der Waals surface area (Å²) >= 11 is 0. The first-order chi connectivity index (χ1) is 11.8. The molecular formula is C17H22N4O3S. The van der Waals surface area contributed by atoms with Crippen molar-refractivity contribution in [2.75, 3.05) is 36.1 Å². The van der Waals surface area contributed by atoms with Gasteiger partial charge >= 0.3 is 0 Å². The molecule has 0 aliphatic carbocycles. The van der Waals surface area contributed by atoms with Crippen LogP contribution in [0.5, 0.6) is 0 Å². The van der Waals surface area contributed by atoms with Crippen LogP contribution in [-0.4, -0.2) is 46.2 Å². The van der Waals surface area contributed by atoms with Crippen LogP contribution in [-0.2, 0) is 21.4 Å². The number of amides is 1. The second-order valence-corrected chi connectivity index (χ2v) is 7.73. The Bertz CT molecular complexity index is 806. The molecule has 0 fully saturated rings. The molecule has 1 aromatic heterocycles. The van der Waals surface area contributed by atoms with E-state index in [1.807, 2.05) is 25.1 Å². The fraction of sp³-hybridized carbons (Fsp3) is 0.294. The largest absolute Gasteiger partial charge is 0.378 e. The minimum atomic E-state index is -3.58. The van der Waals surface area contributed by atoms with Gasteiger partial charge in [-0.1, -0.05) is 6.07 Å². The van der Waals surface area contributed by atoms with Gasteiger partial charge in [-0.3, -0.25) is 14.1 Å². The summed E-state index contributed by atoms with van der Waals surface area (Å²) in [7, 11) is 0.214. The molecule has 1 heterocycles. The van der Waals surface area contributed by atoms with Crippen LogP contribution in [0.1, 0.15) is 5.56 Å². The van der Waals surface area contributed by atoms with E-state index in [-0.39, 0.29) is 12.5 Å². The third-order valence-electron chi connectivity index (χ3n) is 3.55. The molecule has 1 N–H and O–H groups in total. The average molecular weight is 362 g/mol. The lowest BCUT2D eigenvalue weighted by molar-refractivity contribution is -0.119. The summed E-state index contributed by atoms with van der Waals surface area (Å²) in [6.45, 7) is 0.0181. The Morgan fingerprint density at radius 2 is 1.76 bits per heavy atom. The van der Waals surface area contributed by atoms with E-state index in [9.17, 15) is 13.2 Å². The first-order valence-electron chi connectivity index (χ1n) is 7.68. The molecule has 0 unspecified atom stereocenters. The summed E-state index contributed by atoms with van der Waals surface area (Å²) in [4.78, 5) is 18.1. The zero-order valence-electron chi connectivity index (χ0n) is 14.5. The van der Waals surface area contributed by atoms with Gasteiger partial charge in [-0.05, 0) is 35.9 Å². The van der Waals surface area contributed by atoms with Crippen molar-refractivity contribution in [1.82, 2.24) is 10.3 Å². The first kappa shape index (κ1) is 18.7. The van der Waals surface area contributed by atoms with Crippen molar-refractivity contribution in [1.29, 1.82) is 0 Å². The van der Waals surface area contributed by atoms with E-state index >= 15 is 0 Å². The van der Waals surface area contributed by atoms with Crippen LogP contribution in [0.2, 0.25) is 0 Å². The molecule has 1 amide bonds. The number of benzene rings is 1. The molecule has 8 heteroatoms. The van der Waals surface area contributed by atoms with Gasteiger partial charge in [0.15, 0.2) is 0 Å². The summed E-state index contributed by atoms with van der Waals surface area (Å²) in [5.41, 5.74) is 2.24. The second kappa shape index (κ2) is 7.98. The lowest BCUT2D eigenvalue weighted by Crippen LogP contribution is -2.40. The summed E-state index contributed by atoms with van der Waals surface area (Å²) in [6.07, 6.45) is 4.38. The highest BCUT2D eigenvalue weighted by Crippen LogP contribution is 2.21. The molecule has 0 bridgehead atoms. The number of pyridine rings is 1. The van der Waals surface area contributed by atoms with Gasteiger partial charge in [0.1, 0.15) is 6.54 Å². The Balaban J connectivity index is 2.09. The molecule has 0 aliphatic heterocycles. The fourth-order valence-electron chi connectivity index (χ4n) is 2.21. The van der Waals surface area contributed by atoms with Gasteiger partial charge < -0.3 is 10.2 Å². The monoisotopic (exact) mass is 362 g/mol. The van der Waals surface area contributed by atoms with E-state index in [0.29, 0.717) is 12.2 Å². The number of carbonyl (C=O) groups excluding carboxylic acids is 1. The van der Waals surface area contributed by atoms with Gasteiger partial charge in [0.25, 0.3) is 0 Å². The zero-order valence-corrected chi connectivity index (χ0v) is 15.3. The van der Waals surface area contributed by atoms with Gasteiger partial charge in [-0.25, -0.2) is 8.42 Å². The lowest BCUT2D eigenvalue weighted by Gasteiger charge is -2.23. The van der Waals surface area contributed by atoms with Crippen molar-refractivity contribution in [3.8, 4) is 0 Å². The van der Waals surface area contributed by atoms with Gasteiger partial charge in [0, 0.05) is 38.7 Å². The van der Waals surface area contributed by atoms with Gasteiger partial charge in [-0.2, -0.15) is 0 Å². The summed E-state index contributed by atoms with van der Waals surface area (Å²) in [5.74, 6) is -0.383. The van der Waals surface area contributed by atoms with Crippen molar-refractivity contribution in [2.24, 2.45) is 0 Å². The first-order valence-corrected chi connectivity index (χ1v) is 9.53. The van der Waals surface area contributed by atoms with Crippen LogP contribution >= 0.6 is 0 Å². The number of nitrogens with zero attached hydrogens (tertiary/aromatic N) is 3. The number of hydrogen-bond acceptors (Lipinski definition) is 5. The summed E-state index contributed by atoms with van der Waals surface area (Å²) in [5, 5.41) is 2.71. The van der Waals surface area contributed by atoms with E-state index in [0.717, 1.165) is 21.8 Å². The number of aromatic nitrogens is 1. The minimum absolute atomic E-state index is 0.277. The number of rotatable bonds is 7. The zero-order chi connectivity index (χ0) is 18.4. The second-order valence-electron chi connectivity index (χ2n) is 5.82. The Labute approximate surface area is 148 Å². The average Bonchev–Trinajstić information content (AvgIpc) is 2.58. The SMILES string of the molecule is CN(C)c1ccc(N(CC(=O)NCc2cccnc2)S(C)(=O)=O)cc1. The standard InChI is InChI=1S/C17H22N4O3S/c1-20(2)15-6-8-16(9-7-15)21(25(3,23)24)13-17(22)19-12-14-5-4-10-18-11-14/h4-11H,12-13H2,1-3H3,(H,19,22). The van der Waals surface area contributed by atoms with Crippen molar-refractivity contribution in [3.05, 3.63) is 54.4 Å². The number of hydrogen-bond donors (Lipinski definition) is 1. The van der Waals surface area contributed by atoms with Crippen molar-refractivity contribution in [2.45, 2.75) is 6.54 Å². The van der Waals surface area contributed by atoms with Crippen LogP contribution < -0.4 is 14.5 Å². The molecule has 0 spiro atoms. The third kappa shape index (κ3) is 5.46. The number of sulfonamides is 1. The Hall–Kier alpha value is -2.61. The summed E-state index contributed by atoms with van der Waals surface area (Å²) in [6, 6.07) is 10.6. The molecule has 0 atom stereocenters. The molecule has 0 saturated carbocycles. The highest BCUT2D eigenvalue weighted by Gasteiger charge is 2.20. The van der Waals surface area contributed by atoms with Crippen LogP contribution in [0.25, 0.3) is 0 Å². The molecule has 2 aromatic rings. The lowest BCUT2D eigenvalue weighted by atomic mass is 10.2. The van der Waals surface area contributed by atoms with E-state index in [1.54, 1.807) is 42.7 Å². The van der Waals surface area contributed by atoms with E-state index in [1.165, 1.54) is 0 Å². The van der Waals surface area contributed by atoms with Crippen LogP contribution in [0.15, 0.2) is 48.8 Å². The molecule has 0 aliphatic rings. The normalized spacial score (nSPS) is 11.0. The maximum absolute atomic E-state index is 12.2. The predicted molar refractivity (Wildman–Crippen MR) is 99.0 cm³/mol. The van der Waals surface area contributed by atoms with Crippen molar-refractivity contribution < 1.29 is 13.2 Å². The van der Waals surface area contributed by atoms with Crippen molar-refractivity contribution >= 4 is 27.3 Å². The maximum atomic E-state index is 12.2. The van der Waals surface area contributed by atoms with Gasteiger partial charge in [-0.15, -0.1) is 0 Å². The topological polar surface area (TPSA) is 82.6 Å². The summed E-state index contributed by atoms with van der Waals surface area (Å²) < 4.78 is 25.3. The predicted octanol–water partition coefficient (Wildman–Crippen LogP) is 1.23. The van der Waals surface area contributed by atoms with Crippen molar-refractivity contribution in [3.63, 3.8) is 0 Å². The Morgan fingerprint density at radius 3 is 2.28 bits per heavy atom. The van der Waals surface area contributed by atoms with E-state index in [4.69, 9.17) is 0 Å². The maximum Gasteiger partial charge on any atom is 0.241 e. The molecule has 0 saturated heterocycles. The molecule has 7 nitrogen and oxygen atoms in total. The molecular weight excluding hydrogens is 340 g/mol. The fourth-order valence-corrected chi connectivity index (χ4v) is 3.06. The van der Waals surface area contributed by atoms with E-state index in [2.05, 4.69) is 10.3 Å². The van der Waals surface area contributed by atoms with Gasteiger partial charge in [0.05, 0.1) is 11.9 Å². The molecule has 25 heavy (non-hydrogen) atoms. The van der Waals surface area contributed by atoms with Crippen LogP contribution in [0, 0.1) is 0 Å². The molecule has 1 aromatic carbocycles. The minimum Gasteiger partial charge on any atom is -0.378 e. The van der Waals surface area contributed by atoms with Crippen LogP contribution in [0.3, 0.4) is 0 Å². The van der Waals surface area contributed by atoms with Gasteiger partial charge in [0.2, 0.25) is 15.9 Å². The molecule has 2 rings (SSSR count). The van der Waals surface area contributed by atoms with Crippen LogP contribution in [0.4, 0.5) is 11.4 Å².